The first-order chi connectivity index (χ1) is 16.3. The molecule has 1 aliphatic rings. The van der Waals surface area contributed by atoms with Gasteiger partial charge in [0.15, 0.2) is 23.3 Å². The third kappa shape index (κ3) is 4.44. The van der Waals surface area contributed by atoms with E-state index >= 15 is 0 Å². The van der Waals surface area contributed by atoms with E-state index in [1.165, 1.54) is 24.3 Å². The van der Waals surface area contributed by atoms with Crippen LogP contribution in [0.25, 0.3) is 22.3 Å². The Morgan fingerprint density at radius 1 is 0.853 bits per heavy atom. The van der Waals surface area contributed by atoms with Crippen molar-refractivity contribution < 1.29 is 31.4 Å². The second-order valence-electron chi connectivity index (χ2n) is 8.09. The summed E-state index contributed by atoms with van der Waals surface area (Å²) in [4.78, 5) is 0. The van der Waals surface area contributed by atoms with E-state index in [-0.39, 0.29) is 28.4 Å². The van der Waals surface area contributed by atoms with Gasteiger partial charge in [-0.05, 0) is 31.9 Å². The van der Waals surface area contributed by atoms with E-state index in [9.17, 15) is 22.0 Å². The highest BCUT2D eigenvalue weighted by molar-refractivity contribution is 5.73. The predicted octanol–water partition coefficient (Wildman–Crippen LogP) is 7.77. The Morgan fingerprint density at radius 2 is 1.44 bits per heavy atom. The lowest BCUT2D eigenvalue weighted by Gasteiger charge is -2.28. The highest BCUT2D eigenvalue weighted by atomic mass is 19.2. The average molecular weight is 474 g/mol. The molecule has 2 nitrogen and oxygen atoms in total. The Hall–Kier alpha value is -3.19. The Morgan fingerprint density at radius 3 is 2.00 bits per heavy atom. The second-order valence-corrected chi connectivity index (χ2v) is 8.09. The van der Waals surface area contributed by atoms with Gasteiger partial charge in [0.1, 0.15) is 11.6 Å². The predicted molar refractivity (Wildman–Crippen MR) is 120 cm³/mol. The zero-order chi connectivity index (χ0) is 24.4. The maximum atomic E-state index is 15.0. The fourth-order valence-electron chi connectivity index (χ4n) is 4.16. The molecular formula is C27H23F5O2. The average Bonchev–Trinajstić information content (AvgIpc) is 2.84. The first-order valence-electron chi connectivity index (χ1n) is 11.0. The molecule has 0 amide bonds. The smallest absolute Gasteiger partial charge is 0.167 e. The Kier molecular flexibility index (Phi) is 7.03. The lowest BCUT2D eigenvalue weighted by Crippen LogP contribution is -2.20. The molecular weight excluding hydrogens is 451 g/mol. The molecule has 0 N–H and O–H groups in total. The summed E-state index contributed by atoms with van der Waals surface area (Å²) in [5.41, 5.74) is -1.40. The van der Waals surface area contributed by atoms with Crippen molar-refractivity contribution in [1.82, 2.24) is 0 Å². The molecule has 1 heterocycles. The molecule has 1 fully saturated rings. The van der Waals surface area contributed by atoms with Crippen molar-refractivity contribution >= 4 is 0 Å². The number of hydrogen-bond acceptors (Lipinski definition) is 2. The molecule has 7 heteroatoms. The van der Waals surface area contributed by atoms with Crippen LogP contribution in [0.5, 0.6) is 5.75 Å². The van der Waals surface area contributed by atoms with Crippen LogP contribution in [0.2, 0.25) is 0 Å². The second kappa shape index (κ2) is 9.97. The topological polar surface area (TPSA) is 18.5 Å². The van der Waals surface area contributed by atoms with Crippen LogP contribution in [0, 0.1) is 35.0 Å². The molecule has 2 unspecified atom stereocenters. The minimum Gasteiger partial charge on any atom is -0.494 e. The van der Waals surface area contributed by atoms with Gasteiger partial charge in [-0.3, -0.25) is 0 Å². The zero-order valence-corrected chi connectivity index (χ0v) is 18.5. The van der Waals surface area contributed by atoms with Crippen LogP contribution in [0.4, 0.5) is 22.0 Å². The molecule has 3 aromatic rings. The van der Waals surface area contributed by atoms with E-state index in [0.717, 1.165) is 24.6 Å². The fourth-order valence-corrected chi connectivity index (χ4v) is 4.16. The summed E-state index contributed by atoms with van der Waals surface area (Å²) >= 11 is 0. The highest BCUT2D eigenvalue weighted by Crippen LogP contribution is 2.38. The minimum absolute atomic E-state index is 0.0257. The monoisotopic (exact) mass is 474 g/mol. The molecule has 1 aliphatic heterocycles. The van der Waals surface area contributed by atoms with Gasteiger partial charge in [-0.2, -0.15) is 0 Å². The Balaban J connectivity index is 1.67. The lowest BCUT2D eigenvalue weighted by molar-refractivity contribution is -0.00732. The summed E-state index contributed by atoms with van der Waals surface area (Å²) in [5, 5.41) is 0. The van der Waals surface area contributed by atoms with Crippen LogP contribution in [-0.2, 0) is 4.74 Å². The van der Waals surface area contributed by atoms with Gasteiger partial charge in [0.25, 0.3) is 0 Å². The van der Waals surface area contributed by atoms with Crippen LogP contribution in [-0.4, -0.2) is 13.2 Å². The van der Waals surface area contributed by atoms with Crippen molar-refractivity contribution in [1.29, 1.82) is 0 Å². The standard InChI is InChI=1S/C27H23F5O2/c1-3-15-5-12-23(34-14-15)21-11-10-20(26(31)27(21)32)19-9-8-18(24(29)25(19)30)17-7-6-16(33-4-2)13-22(17)28/h3,6-11,13,15,23H,1,4-5,12,14H2,2H3. The van der Waals surface area contributed by atoms with Gasteiger partial charge in [0.2, 0.25) is 0 Å². The van der Waals surface area contributed by atoms with Crippen molar-refractivity contribution in [2.24, 2.45) is 5.92 Å². The molecule has 0 aromatic heterocycles. The number of benzene rings is 3. The van der Waals surface area contributed by atoms with Crippen molar-refractivity contribution in [2.45, 2.75) is 25.9 Å². The fraction of sp³-hybridized carbons (Fsp3) is 0.259. The molecule has 2 atom stereocenters. The van der Waals surface area contributed by atoms with Crippen LogP contribution < -0.4 is 4.74 Å². The van der Waals surface area contributed by atoms with Crippen LogP contribution >= 0.6 is 0 Å². The quantitative estimate of drug-likeness (QED) is 0.268. The Labute approximate surface area is 194 Å². The maximum Gasteiger partial charge on any atom is 0.167 e. The molecule has 178 valence electrons. The summed E-state index contributed by atoms with van der Waals surface area (Å²) in [7, 11) is 0. The van der Waals surface area contributed by atoms with E-state index in [4.69, 9.17) is 9.47 Å². The van der Waals surface area contributed by atoms with Gasteiger partial charge < -0.3 is 9.47 Å². The summed E-state index contributed by atoms with van der Waals surface area (Å²) in [6, 6.07) is 8.54. The highest BCUT2D eigenvalue weighted by Gasteiger charge is 2.27. The molecule has 3 aromatic carbocycles. The van der Waals surface area contributed by atoms with Crippen LogP contribution in [0.3, 0.4) is 0 Å². The van der Waals surface area contributed by atoms with Gasteiger partial charge in [0.05, 0.1) is 19.3 Å². The SMILES string of the molecule is C=CC1CCC(c2ccc(-c3ccc(-c4ccc(OCC)cc4F)c(F)c3F)c(F)c2F)OC1. The van der Waals surface area contributed by atoms with Gasteiger partial charge in [-0.25, -0.2) is 22.0 Å². The maximum absolute atomic E-state index is 15.0. The number of halogens is 5. The van der Waals surface area contributed by atoms with Crippen molar-refractivity contribution in [3.8, 4) is 28.0 Å². The van der Waals surface area contributed by atoms with Gasteiger partial charge >= 0.3 is 0 Å². The summed E-state index contributed by atoms with van der Waals surface area (Å²) < 4.78 is 85.0. The third-order valence-corrected chi connectivity index (χ3v) is 6.02. The van der Waals surface area contributed by atoms with E-state index < -0.39 is 46.3 Å². The summed E-state index contributed by atoms with van der Waals surface area (Å²) in [5.74, 6) is -5.63. The van der Waals surface area contributed by atoms with Gasteiger partial charge in [-0.1, -0.05) is 30.3 Å². The summed E-state index contributed by atoms with van der Waals surface area (Å²) in [6.07, 6.45) is 2.33. The first kappa shape index (κ1) is 24.0. The van der Waals surface area contributed by atoms with Crippen molar-refractivity contribution in [3.05, 3.63) is 89.8 Å². The molecule has 0 saturated carbocycles. The van der Waals surface area contributed by atoms with Crippen LogP contribution in [0.1, 0.15) is 31.4 Å². The normalized spacial score (nSPS) is 18.1. The minimum atomic E-state index is -1.40. The number of hydrogen-bond donors (Lipinski definition) is 0. The molecule has 1 saturated heterocycles. The van der Waals surface area contributed by atoms with Gasteiger partial charge in [-0.15, -0.1) is 6.58 Å². The molecule has 4 rings (SSSR count). The number of rotatable bonds is 6. The van der Waals surface area contributed by atoms with E-state index in [0.29, 0.717) is 19.6 Å². The van der Waals surface area contributed by atoms with E-state index in [1.807, 2.05) is 0 Å². The van der Waals surface area contributed by atoms with Crippen molar-refractivity contribution in [2.75, 3.05) is 13.2 Å². The van der Waals surface area contributed by atoms with Gasteiger partial charge in [0, 0.05) is 39.8 Å². The lowest BCUT2D eigenvalue weighted by atomic mass is 9.92. The third-order valence-electron chi connectivity index (χ3n) is 6.02. The number of ether oxygens (including phenoxy) is 2. The van der Waals surface area contributed by atoms with Crippen molar-refractivity contribution in [3.63, 3.8) is 0 Å². The van der Waals surface area contributed by atoms with Crippen LogP contribution in [0.15, 0.2) is 55.1 Å². The molecule has 0 bridgehead atoms. The van der Waals surface area contributed by atoms with E-state index in [1.54, 1.807) is 13.0 Å². The molecule has 34 heavy (non-hydrogen) atoms. The largest absolute Gasteiger partial charge is 0.494 e. The first-order valence-corrected chi connectivity index (χ1v) is 11.0. The summed E-state index contributed by atoms with van der Waals surface area (Å²) in [6.45, 7) is 6.11. The zero-order valence-electron chi connectivity index (χ0n) is 18.5. The molecule has 0 aliphatic carbocycles. The van der Waals surface area contributed by atoms with E-state index in [2.05, 4.69) is 6.58 Å². The molecule has 0 radical (unpaired) electrons. The molecule has 0 spiro atoms. The Bertz CT molecular complexity index is 1220.